The molecule has 0 radical (unpaired) electrons. The van der Waals surface area contributed by atoms with Crippen molar-refractivity contribution in [2.75, 3.05) is 26.2 Å². The fourth-order valence-electron chi connectivity index (χ4n) is 3.77. The number of aromatic nitrogens is 2. The fourth-order valence-corrected chi connectivity index (χ4v) is 5.29. The highest BCUT2D eigenvalue weighted by atomic mass is 32.2. The minimum absolute atomic E-state index is 0.0639. The number of benzene rings is 1. The van der Waals surface area contributed by atoms with Crippen LogP contribution in [0.2, 0.25) is 0 Å². The highest BCUT2D eigenvalue weighted by molar-refractivity contribution is 7.89. The zero-order valence-electron chi connectivity index (χ0n) is 15.3. The number of fused-ring (bicyclic) bond motifs is 1. The standard InChI is InChI=1S/C18H19F3N4O3S/c19-18(20,21)13-2-1-3-16(8-13)29(26,27)25-7-6-24-12-15(9-14(24)11-25)28-17-10-22-4-5-23-17/h1-5,8,10,14-15H,6-7,9,11-12H2/t14-,15+/m0/s1. The molecule has 1 aromatic carbocycles. The molecule has 1 aromatic heterocycles. The molecule has 29 heavy (non-hydrogen) atoms. The van der Waals surface area contributed by atoms with Crippen LogP contribution in [0.25, 0.3) is 0 Å². The van der Waals surface area contributed by atoms with E-state index in [1.165, 1.54) is 22.8 Å². The summed E-state index contributed by atoms with van der Waals surface area (Å²) in [6, 6.07) is 3.81. The van der Waals surface area contributed by atoms with Gasteiger partial charge in [-0.25, -0.2) is 13.4 Å². The van der Waals surface area contributed by atoms with Crippen LogP contribution in [0.4, 0.5) is 13.2 Å². The van der Waals surface area contributed by atoms with Crippen molar-refractivity contribution >= 4 is 10.0 Å². The van der Waals surface area contributed by atoms with Crippen molar-refractivity contribution in [1.82, 2.24) is 19.2 Å². The lowest BCUT2D eigenvalue weighted by Crippen LogP contribution is -2.51. The zero-order valence-corrected chi connectivity index (χ0v) is 16.1. The van der Waals surface area contributed by atoms with Gasteiger partial charge in [0.25, 0.3) is 0 Å². The molecule has 0 saturated carbocycles. The average Bonchev–Trinajstić information content (AvgIpc) is 3.09. The summed E-state index contributed by atoms with van der Waals surface area (Å²) >= 11 is 0. The van der Waals surface area contributed by atoms with Crippen molar-refractivity contribution in [2.45, 2.75) is 29.6 Å². The Bertz CT molecular complexity index is 972. The summed E-state index contributed by atoms with van der Waals surface area (Å²) in [7, 11) is -4.02. The molecule has 2 atom stereocenters. The van der Waals surface area contributed by atoms with Gasteiger partial charge in [-0.05, 0) is 18.2 Å². The summed E-state index contributed by atoms with van der Waals surface area (Å²) in [4.78, 5) is 9.83. The molecule has 0 spiro atoms. The second kappa shape index (κ2) is 7.54. The van der Waals surface area contributed by atoms with Crippen LogP contribution in [0.1, 0.15) is 12.0 Å². The van der Waals surface area contributed by atoms with Crippen LogP contribution < -0.4 is 4.74 Å². The third kappa shape index (κ3) is 4.21. The van der Waals surface area contributed by atoms with Gasteiger partial charge in [0.15, 0.2) is 0 Å². The molecule has 0 unspecified atom stereocenters. The van der Waals surface area contributed by atoms with E-state index in [1.807, 2.05) is 0 Å². The smallest absolute Gasteiger partial charge is 0.416 e. The number of ether oxygens (including phenoxy) is 1. The Hall–Kier alpha value is -2.24. The maximum absolute atomic E-state index is 13.0. The number of hydrogen-bond donors (Lipinski definition) is 0. The number of halogens is 3. The average molecular weight is 428 g/mol. The first kappa shape index (κ1) is 20.0. The van der Waals surface area contributed by atoms with E-state index in [4.69, 9.17) is 4.74 Å². The molecule has 2 fully saturated rings. The summed E-state index contributed by atoms with van der Waals surface area (Å²) in [5, 5.41) is 0. The highest BCUT2D eigenvalue weighted by Crippen LogP contribution is 2.32. The van der Waals surface area contributed by atoms with E-state index in [0.29, 0.717) is 31.5 Å². The molecule has 11 heteroatoms. The predicted octanol–water partition coefficient (Wildman–Crippen LogP) is 2.02. The number of piperazine rings is 1. The van der Waals surface area contributed by atoms with Crippen molar-refractivity contribution < 1.29 is 26.3 Å². The third-order valence-corrected chi connectivity index (χ3v) is 7.03. The first-order chi connectivity index (χ1) is 13.7. The van der Waals surface area contributed by atoms with Crippen LogP contribution in [0.5, 0.6) is 5.88 Å². The van der Waals surface area contributed by atoms with Crippen LogP contribution in [-0.2, 0) is 16.2 Å². The summed E-state index contributed by atoms with van der Waals surface area (Å²) in [5.74, 6) is 0.408. The summed E-state index contributed by atoms with van der Waals surface area (Å²) < 4.78 is 71.8. The molecule has 2 saturated heterocycles. The second-order valence-electron chi connectivity index (χ2n) is 7.06. The molecule has 0 amide bonds. The molecule has 156 valence electrons. The molecule has 2 aliphatic heterocycles. The van der Waals surface area contributed by atoms with Crippen molar-refractivity contribution in [1.29, 1.82) is 0 Å². The third-order valence-electron chi connectivity index (χ3n) is 5.17. The number of hydrogen-bond acceptors (Lipinski definition) is 6. The molecule has 0 N–H and O–H groups in total. The van der Waals surface area contributed by atoms with E-state index in [9.17, 15) is 21.6 Å². The molecule has 2 aromatic rings. The topological polar surface area (TPSA) is 75.6 Å². The lowest BCUT2D eigenvalue weighted by atomic mass is 10.2. The predicted molar refractivity (Wildman–Crippen MR) is 96.6 cm³/mol. The van der Waals surface area contributed by atoms with Gasteiger partial charge in [0.05, 0.1) is 16.7 Å². The highest BCUT2D eigenvalue weighted by Gasteiger charge is 2.41. The lowest BCUT2D eigenvalue weighted by Gasteiger charge is -2.36. The van der Waals surface area contributed by atoms with Crippen molar-refractivity contribution in [3.05, 3.63) is 48.4 Å². The van der Waals surface area contributed by atoms with E-state index in [2.05, 4.69) is 14.9 Å². The Morgan fingerprint density at radius 1 is 1.14 bits per heavy atom. The molecule has 0 aliphatic carbocycles. The molecule has 3 heterocycles. The largest absolute Gasteiger partial charge is 0.472 e. The van der Waals surface area contributed by atoms with Crippen molar-refractivity contribution in [2.24, 2.45) is 0 Å². The monoisotopic (exact) mass is 428 g/mol. The molecular formula is C18H19F3N4O3S. The van der Waals surface area contributed by atoms with Gasteiger partial charge in [0, 0.05) is 51.0 Å². The second-order valence-corrected chi connectivity index (χ2v) is 8.99. The van der Waals surface area contributed by atoms with Gasteiger partial charge >= 0.3 is 6.18 Å². The molecule has 7 nitrogen and oxygen atoms in total. The molecule has 4 rings (SSSR count). The number of rotatable bonds is 4. The van der Waals surface area contributed by atoms with E-state index < -0.39 is 21.8 Å². The zero-order chi connectivity index (χ0) is 20.6. The summed E-state index contributed by atoms with van der Waals surface area (Å²) in [5.41, 5.74) is -0.976. The number of alkyl halides is 3. The van der Waals surface area contributed by atoms with Gasteiger partial charge < -0.3 is 4.74 Å². The molecule has 0 bridgehead atoms. The first-order valence-corrected chi connectivity index (χ1v) is 10.5. The van der Waals surface area contributed by atoms with E-state index >= 15 is 0 Å². The Kier molecular flexibility index (Phi) is 5.21. The van der Waals surface area contributed by atoms with Gasteiger partial charge in [0.1, 0.15) is 6.10 Å². The van der Waals surface area contributed by atoms with E-state index in [1.54, 1.807) is 6.20 Å². The van der Waals surface area contributed by atoms with Crippen LogP contribution in [-0.4, -0.2) is 65.9 Å². The van der Waals surface area contributed by atoms with Crippen LogP contribution in [0.15, 0.2) is 47.8 Å². The van der Waals surface area contributed by atoms with Gasteiger partial charge in [-0.15, -0.1) is 0 Å². The minimum Gasteiger partial charge on any atom is -0.472 e. The minimum atomic E-state index is -4.60. The number of nitrogens with zero attached hydrogens (tertiary/aromatic N) is 4. The van der Waals surface area contributed by atoms with Gasteiger partial charge in [0.2, 0.25) is 15.9 Å². The lowest BCUT2D eigenvalue weighted by molar-refractivity contribution is -0.137. The molecular weight excluding hydrogens is 409 g/mol. The quantitative estimate of drug-likeness (QED) is 0.742. The normalized spacial score (nSPS) is 23.7. The van der Waals surface area contributed by atoms with E-state index in [0.717, 1.165) is 12.1 Å². The Morgan fingerprint density at radius 3 is 2.69 bits per heavy atom. The fraction of sp³-hybridized carbons (Fsp3) is 0.444. The van der Waals surface area contributed by atoms with Crippen molar-refractivity contribution in [3.8, 4) is 5.88 Å². The molecule has 2 aliphatic rings. The first-order valence-electron chi connectivity index (χ1n) is 9.07. The van der Waals surface area contributed by atoms with Gasteiger partial charge in [-0.2, -0.15) is 17.5 Å². The summed E-state index contributed by atoms with van der Waals surface area (Å²) in [6.07, 6.45) is 0.448. The Morgan fingerprint density at radius 2 is 1.97 bits per heavy atom. The maximum atomic E-state index is 13.0. The van der Waals surface area contributed by atoms with Crippen molar-refractivity contribution in [3.63, 3.8) is 0 Å². The SMILES string of the molecule is O=S(=O)(c1cccc(C(F)(F)F)c1)N1CCN2C[C@H](Oc3cnccn3)C[C@H]2C1. The van der Waals surface area contributed by atoms with E-state index in [-0.39, 0.29) is 30.1 Å². The van der Waals surface area contributed by atoms with Crippen LogP contribution in [0, 0.1) is 0 Å². The van der Waals surface area contributed by atoms with Crippen LogP contribution >= 0.6 is 0 Å². The van der Waals surface area contributed by atoms with Gasteiger partial charge in [-0.3, -0.25) is 9.88 Å². The Labute approximate surface area is 166 Å². The van der Waals surface area contributed by atoms with Crippen LogP contribution in [0.3, 0.4) is 0 Å². The maximum Gasteiger partial charge on any atom is 0.416 e. The number of sulfonamides is 1. The summed E-state index contributed by atoms with van der Waals surface area (Å²) in [6.45, 7) is 1.55. The Balaban J connectivity index is 1.46. The van der Waals surface area contributed by atoms with Gasteiger partial charge in [-0.1, -0.05) is 6.07 Å².